The van der Waals surface area contributed by atoms with Crippen LogP contribution in [0.25, 0.3) is 0 Å². The molecule has 1 heterocycles. The zero-order valence-electron chi connectivity index (χ0n) is 11.7. The highest BCUT2D eigenvalue weighted by Crippen LogP contribution is 2.34. The van der Waals surface area contributed by atoms with Crippen LogP contribution >= 0.6 is 0 Å². The fourth-order valence-corrected chi connectivity index (χ4v) is 3.35. The number of alkyl halides is 3. The molecule has 2 fully saturated rings. The van der Waals surface area contributed by atoms with Gasteiger partial charge in [0.2, 0.25) is 5.91 Å². The molecule has 1 aliphatic heterocycles. The van der Waals surface area contributed by atoms with Crippen molar-refractivity contribution in [1.82, 2.24) is 4.90 Å². The second-order valence-corrected chi connectivity index (χ2v) is 6.19. The van der Waals surface area contributed by atoms with Gasteiger partial charge in [-0.05, 0) is 38.0 Å². The van der Waals surface area contributed by atoms with E-state index >= 15 is 0 Å². The van der Waals surface area contributed by atoms with Crippen LogP contribution in [0.2, 0.25) is 0 Å². The Bertz CT molecular complexity index is 338. The first kappa shape index (κ1) is 15.6. The van der Waals surface area contributed by atoms with E-state index in [4.69, 9.17) is 5.73 Å². The van der Waals surface area contributed by atoms with Crippen LogP contribution in [0.15, 0.2) is 0 Å². The molecule has 2 rings (SSSR count). The average molecular weight is 292 g/mol. The summed E-state index contributed by atoms with van der Waals surface area (Å²) in [5.74, 6) is -0.925. The molecule has 0 bridgehead atoms. The van der Waals surface area contributed by atoms with Crippen molar-refractivity contribution in [2.75, 3.05) is 13.1 Å². The van der Waals surface area contributed by atoms with E-state index in [1.807, 2.05) is 0 Å². The zero-order valence-corrected chi connectivity index (χ0v) is 11.7. The minimum absolute atomic E-state index is 0.00437. The summed E-state index contributed by atoms with van der Waals surface area (Å²) in [5, 5.41) is 0. The minimum Gasteiger partial charge on any atom is -0.343 e. The Labute approximate surface area is 117 Å². The number of carbonyl (C=O) groups excluding carboxylic acids is 1. The standard InChI is InChI=1S/C14H23F3N2O/c15-14(16,17)11-4-6-19(7-5-11)13(20)9-10-2-1-3-12(18)8-10/h10-12H,1-9,18H2. The molecule has 1 aliphatic carbocycles. The molecule has 0 aromatic carbocycles. The highest BCUT2D eigenvalue weighted by molar-refractivity contribution is 5.76. The summed E-state index contributed by atoms with van der Waals surface area (Å²) in [4.78, 5) is 13.7. The molecule has 0 aromatic heterocycles. The van der Waals surface area contributed by atoms with Crippen molar-refractivity contribution in [2.24, 2.45) is 17.6 Å². The SMILES string of the molecule is NC1CCCC(CC(=O)N2CCC(C(F)(F)F)CC2)C1. The lowest BCUT2D eigenvalue weighted by atomic mass is 9.83. The number of hydrogen-bond donors (Lipinski definition) is 1. The lowest BCUT2D eigenvalue weighted by Crippen LogP contribution is -2.43. The molecule has 2 atom stereocenters. The molecule has 116 valence electrons. The van der Waals surface area contributed by atoms with Gasteiger partial charge in [0.05, 0.1) is 5.92 Å². The molecule has 2 aliphatic rings. The van der Waals surface area contributed by atoms with E-state index in [1.54, 1.807) is 4.90 Å². The van der Waals surface area contributed by atoms with E-state index in [2.05, 4.69) is 0 Å². The van der Waals surface area contributed by atoms with E-state index in [1.165, 1.54) is 0 Å². The van der Waals surface area contributed by atoms with Crippen LogP contribution < -0.4 is 5.73 Å². The fourth-order valence-electron chi connectivity index (χ4n) is 3.35. The quantitative estimate of drug-likeness (QED) is 0.850. The van der Waals surface area contributed by atoms with E-state index in [9.17, 15) is 18.0 Å². The highest BCUT2D eigenvalue weighted by atomic mass is 19.4. The molecule has 2 N–H and O–H groups in total. The number of hydrogen-bond acceptors (Lipinski definition) is 2. The van der Waals surface area contributed by atoms with Gasteiger partial charge in [0.1, 0.15) is 0 Å². The van der Waals surface area contributed by atoms with Gasteiger partial charge in [-0.1, -0.05) is 6.42 Å². The van der Waals surface area contributed by atoms with E-state index in [-0.39, 0.29) is 37.9 Å². The third-order valence-corrected chi connectivity index (χ3v) is 4.60. The van der Waals surface area contributed by atoms with Crippen LogP contribution in [-0.4, -0.2) is 36.1 Å². The van der Waals surface area contributed by atoms with Gasteiger partial charge in [0, 0.05) is 25.6 Å². The number of halogens is 3. The van der Waals surface area contributed by atoms with Crippen LogP contribution in [0.4, 0.5) is 13.2 Å². The molecular weight excluding hydrogens is 269 g/mol. The predicted molar refractivity (Wildman–Crippen MR) is 69.9 cm³/mol. The van der Waals surface area contributed by atoms with Gasteiger partial charge in [0.25, 0.3) is 0 Å². The highest BCUT2D eigenvalue weighted by Gasteiger charge is 2.41. The predicted octanol–water partition coefficient (Wildman–Crippen LogP) is 2.69. The lowest BCUT2D eigenvalue weighted by Gasteiger charge is -2.34. The monoisotopic (exact) mass is 292 g/mol. The van der Waals surface area contributed by atoms with Gasteiger partial charge in [-0.25, -0.2) is 0 Å². The normalized spacial score (nSPS) is 29.5. The summed E-state index contributed by atoms with van der Waals surface area (Å²) >= 11 is 0. The molecule has 0 spiro atoms. The number of carbonyl (C=O) groups is 1. The van der Waals surface area contributed by atoms with Crippen LogP contribution in [-0.2, 0) is 4.79 Å². The first-order valence-electron chi connectivity index (χ1n) is 7.46. The molecule has 20 heavy (non-hydrogen) atoms. The molecule has 0 aromatic rings. The smallest absolute Gasteiger partial charge is 0.343 e. The van der Waals surface area contributed by atoms with Gasteiger partial charge in [-0.15, -0.1) is 0 Å². The minimum atomic E-state index is -4.12. The topological polar surface area (TPSA) is 46.3 Å². The number of nitrogens with two attached hydrogens (primary N) is 1. The lowest BCUT2D eigenvalue weighted by molar-refractivity contribution is -0.186. The summed E-state index contributed by atoms with van der Waals surface area (Å²) < 4.78 is 37.7. The van der Waals surface area contributed by atoms with E-state index < -0.39 is 12.1 Å². The van der Waals surface area contributed by atoms with Crippen molar-refractivity contribution in [3.8, 4) is 0 Å². The molecule has 3 nitrogen and oxygen atoms in total. The number of amides is 1. The van der Waals surface area contributed by atoms with Crippen molar-refractivity contribution in [3.63, 3.8) is 0 Å². The van der Waals surface area contributed by atoms with Crippen molar-refractivity contribution in [1.29, 1.82) is 0 Å². The Morgan fingerprint density at radius 1 is 1.15 bits per heavy atom. The Morgan fingerprint density at radius 2 is 1.80 bits per heavy atom. The summed E-state index contributed by atoms with van der Waals surface area (Å²) in [6.45, 7) is 0.476. The van der Waals surface area contributed by atoms with Crippen LogP contribution in [0.5, 0.6) is 0 Å². The van der Waals surface area contributed by atoms with Crippen molar-refractivity contribution in [2.45, 2.75) is 57.2 Å². The summed E-state index contributed by atoms with van der Waals surface area (Å²) in [6, 6.07) is 0.178. The second kappa shape index (κ2) is 6.33. The number of likely N-dealkylation sites (tertiary alicyclic amines) is 1. The second-order valence-electron chi connectivity index (χ2n) is 6.19. The first-order chi connectivity index (χ1) is 9.36. The van der Waals surface area contributed by atoms with Crippen LogP contribution in [0.3, 0.4) is 0 Å². The molecule has 1 saturated heterocycles. The molecule has 0 radical (unpaired) electrons. The molecular formula is C14H23F3N2O. The van der Waals surface area contributed by atoms with Gasteiger partial charge in [-0.3, -0.25) is 4.79 Å². The molecule has 6 heteroatoms. The fraction of sp³-hybridized carbons (Fsp3) is 0.929. The van der Waals surface area contributed by atoms with Crippen molar-refractivity contribution >= 4 is 5.91 Å². The van der Waals surface area contributed by atoms with E-state index in [0.29, 0.717) is 12.3 Å². The van der Waals surface area contributed by atoms with Gasteiger partial charge in [-0.2, -0.15) is 13.2 Å². The van der Waals surface area contributed by atoms with Crippen LogP contribution in [0.1, 0.15) is 44.9 Å². The molecule has 1 amide bonds. The number of piperidine rings is 1. The number of rotatable bonds is 2. The molecule has 1 saturated carbocycles. The molecule has 2 unspecified atom stereocenters. The Morgan fingerprint density at radius 3 is 2.35 bits per heavy atom. The summed E-state index contributed by atoms with van der Waals surface area (Å²) in [7, 11) is 0. The third kappa shape index (κ3) is 4.11. The van der Waals surface area contributed by atoms with E-state index in [0.717, 1.165) is 25.7 Å². The van der Waals surface area contributed by atoms with Crippen LogP contribution in [0, 0.1) is 11.8 Å². The zero-order chi connectivity index (χ0) is 14.8. The van der Waals surface area contributed by atoms with Crippen molar-refractivity contribution in [3.05, 3.63) is 0 Å². The Hall–Kier alpha value is -0.780. The Balaban J connectivity index is 1.77. The first-order valence-corrected chi connectivity index (χ1v) is 7.46. The van der Waals surface area contributed by atoms with Crippen molar-refractivity contribution < 1.29 is 18.0 Å². The maximum atomic E-state index is 12.6. The van der Waals surface area contributed by atoms with Gasteiger partial charge < -0.3 is 10.6 Å². The number of nitrogens with zero attached hydrogens (tertiary/aromatic N) is 1. The summed E-state index contributed by atoms with van der Waals surface area (Å²) in [5.41, 5.74) is 5.90. The third-order valence-electron chi connectivity index (χ3n) is 4.60. The largest absolute Gasteiger partial charge is 0.391 e. The average Bonchev–Trinajstić information content (AvgIpc) is 2.38. The Kier molecular flexibility index (Phi) is 4.94. The van der Waals surface area contributed by atoms with Gasteiger partial charge >= 0.3 is 6.18 Å². The summed E-state index contributed by atoms with van der Waals surface area (Å²) in [6.07, 6.45) is 0.356. The maximum Gasteiger partial charge on any atom is 0.391 e. The maximum absolute atomic E-state index is 12.6. The van der Waals surface area contributed by atoms with Gasteiger partial charge in [0.15, 0.2) is 0 Å².